The fraction of sp³-hybridized carbons (Fsp3) is 0.879. The molecule has 3 fully saturated rings. The van der Waals surface area contributed by atoms with Crippen molar-refractivity contribution < 1.29 is 53.1 Å². The second kappa shape index (κ2) is 13.9. The number of carbonyl (C=O) groups excluding carboxylic acids is 3. The van der Waals surface area contributed by atoms with E-state index in [9.17, 15) is 24.7 Å². The smallest absolute Gasteiger partial charge is 0.425 e. The summed E-state index contributed by atoms with van der Waals surface area (Å²) in [5.74, 6) is -4.09. The molecule has 0 saturated carbocycles. The van der Waals surface area contributed by atoms with Gasteiger partial charge in [-0.3, -0.25) is 14.8 Å². The summed E-state index contributed by atoms with van der Waals surface area (Å²) in [4.78, 5) is 43.2. The summed E-state index contributed by atoms with van der Waals surface area (Å²) in [5, 5.41) is 26.0. The molecule has 0 aromatic heterocycles. The van der Waals surface area contributed by atoms with Crippen LogP contribution in [0.1, 0.15) is 74.7 Å². The number of likely N-dealkylation sites (N-methyl/N-ethyl adjacent to an activating group) is 1. The predicted octanol–water partition coefficient (Wildman–Crippen LogP) is 2.28. The molecule has 47 heavy (non-hydrogen) atoms. The molecule has 4 aliphatic rings. The predicted molar refractivity (Wildman–Crippen MR) is 169 cm³/mol. The van der Waals surface area contributed by atoms with Gasteiger partial charge in [0, 0.05) is 32.0 Å². The number of aliphatic hydroxyl groups is 1. The molecule has 0 aromatic carbocycles. The number of methoxy groups -OCH3 is 1. The van der Waals surface area contributed by atoms with Crippen LogP contribution in [-0.4, -0.2) is 142 Å². The number of fused-ring (bicyclic) bond motifs is 1. The third kappa shape index (κ3) is 6.65. The topological polar surface area (TPSA) is 151 Å². The quantitative estimate of drug-likeness (QED) is 0.191. The molecular formula is C33H57N4O10+. The molecule has 0 spiro atoms. The highest BCUT2D eigenvalue weighted by atomic mass is 16.7. The van der Waals surface area contributed by atoms with Gasteiger partial charge < -0.3 is 33.7 Å². The minimum atomic E-state index is -1.30. The molecule has 2 bridgehead atoms. The molecule has 268 valence electrons. The van der Waals surface area contributed by atoms with Gasteiger partial charge in [-0.1, -0.05) is 27.7 Å². The Labute approximate surface area is 278 Å². The van der Waals surface area contributed by atoms with E-state index in [-0.39, 0.29) is 31.2 Å². The third-order valence-corrected chi connectivity index (χ3v) is 11.1. The highest BCUT2D eigenvalue weighted by Crippen LogP contribution is 2.44. The van der Waals surface area contributed by atoms with Gasteiger partial charge in [0.05, 0.1) is 23.7 Å². The van der Waals surface area contributed by atoms with E-state index < -0.39 is 77.4 Å². The molecule has 0 radical (unpaired) electrons. The van der Waals surface area contributed by atoms with Crippen molar-refractivity contribution >= 4 is 23.6 Å². The zero-order chi connectivity index (χ0) is 35.3. The number of hydroxylamine groups is 1. The van der Waals surface area contributed by atoms with E-state index in [2.05, 4.69) is 0 Å². The lowest BCUT2D eigenvalue weighted by molar-refractivity contribution is -0.789. The maximum atomic E-state index is 14.2. The largest absolute Gasteiger partial charge is 0.458 e. The standard InChI is InChI=1S/C33H57N4O10/c1-13-23-33(8)27-19(4)24(36(42)16-35(11)37(27)31(41)47-33)17(2)15-32(7,43-12)28(20(5)25(38)21(6)29(40)45-23)46-30-26(39)22(34(9)10)14-18(3)44-30/h17-23,26-28,30,39,42H,13-16H2,1-12H3/q+1/t17?,18?,19-,20?,21?,22?,23+,26?,27+,28?,30?,32?,33?/m0/s1. The fourth-order valence-electron chi connectivity index (χ4n) is 8.54. The highest BCUT2D eigenvalue weighted by molar-refractivity contribution is 6.00. The minimum Gasteiger partial charge on any atom is -0.458 e. The summed E-state index contributed by atoms with van der Waals surface area (Å²) >= 11 is 0. The Hall–Kier alpha value is -2.36. The third-order valence-electron chi connectivity index (χ3n) is 11.1. The van der Waals surface area contributed by atoms with Crippen LogP contribution in [0, 0.1) is 23.7 Å². The van der Waals surface area contributed by atoms with Crippen molar-refractivity contribution in [3.8, 4) is 0 Å². The maximum absolute atomic E-state index is 14.2. The number of rotatable bonds is 5. The second-order valence-electron chi connectivity index (χ2n) is 14.8. The molecule has 1 amide bonds. The molecule has 13 atom stereocenters. The van der Waals surface area contributed by atoms with Crippen LogP contribution in [0.15, 0.2) is 0 Å². The molecule has 3 saturated heterocycles. The fourth-order valence-corrected chi connectivity index (χ4v) is 8.54. The minimum absolute atomic E-state index is 0.0241. The maximum Gasteiger partial charge on any atom is 0.425 e. The Bertz CT molecular complexity index is 1230. The molecule has 4 rings (SSSR count). The van der Waals surface area contributed by atoms with Gasteiger partial charge in [0.2, 0.25) is 5.71 Å². The summed E-state index contributed by atoms with van der Waals surface area (Å²) in [7, 11) is 6.98. The van der Waals surface area contributed by atoms with Crippen LogP contribution in [0.3, 0.4) is 0 Å². The molecule has 14 nitrogen and oxygen atoms in total. The zero-order valence-electron chi connectivity index (χ0n) is 30.1. The molecule has 0 aromatic rings. The molecule has 2 N–H and O–H groups in total. The highest BCUT2D eigenvalue weighted by Gasteiger charge is 2.64. The van der Waals surface area contributed by atoms with E-state index in [1.807, 2.05) is 53.6 Å². The van der Waals surface area contributed by atoms with E-state index >= 15 is 0 Å². The molecule has 4 heterocycles. The summed E-state index contributed by atoms with van der Waals surface area (Å²) in [5.41, 5.74) is -1.85. The van der Waals surface area contributed by atoms with Crippen molar-refractivity contribution in [1.82, 2.24) is 14.9 Å². The Morgan fingerprint density at radius 2 is 1.72 bits per heavy atom. The van der Waals surface area contributed by atoms with Crippen LogP contribution in [0.25, 0.3) is 0 Å². The monoisotopic (exact) mass is 669 g/mol. The molecule has 0 aliphatic carbocycles. The summed E-state index contributed by atoms with van der Waals surface area (Å²) < 4.78 is 32.2. The first-order valence-corrected chi connectivity index (χ1v) is 16.8. The number of hydrogen-bond donors (Lipinski definition) is 2. The lowest BCUT2D eigenvalue weighted by atomic mass is 9.73. The first-order chi connectivity index (χ1) is 21.8. The van der Waals surface area contributed by atoms with Gasteiger partial charge in [0.15, 0.2) is 17.7 Å². The number of hydrazine groups is 1. The normalized spacial score (nSPS) is 44.3. The lowest BCUT2D eigenvalue weighted by Gasteiger charge is -2.47. The number of hydrogen-bond acceptors (Lipinski definition) is 12. The number of amides is 1. The van der Waals surface area contributed by atoms with E-state index in [1.165, 1.54) is 19.0 Å². The number of Topliss-reactive ketones (excluding diaryl/α,β-unsaturated/α-hetero) is 1. The number of aliphatic hydroxyl groups excluding tert-OH is 1. The Balaban J connectivity index is 1.86. The molecule has 14 heteroatoms. The first-order valence-electron chi connectivity index (χ1n) is 16.8. The molecular weight excluding hydrogens is 612 g/mol. The van der Waals surface area contributed by atoms with E-state index in [4.69, 9.17) is 23.7 Å². The van der Waals surface area contributed by atoms with Crippen LogP contribution < -0.4 is 0 Å². The van der Waals surface area contributed by atoms with Gasteiger partial charge in [0.1, 0.15) is 24.2 Å². The summed E-state index contributed by atoms with van der Waals surface area (Å²) in [6.07, 6.45) is -3.63. The lowest BCUT2D eigenvalue weighted by Crippen LogP contribution is -2.60. The van der Waals surface area contributed by atoms with Gasteiger partial charge in [-0.25, -0.2) is 9.80 Å². The van der Waals surface area contributed by atoms with Crippen molar-refractivity contribution in [1.29, 1.82) is 0 Å². The summed E-state index contributed by atoms with van der Waals surface area (Å²) in [6, 6.07) is -0.909. The average Bonchev–Trinajstić information content (AvgIpc) is 3.22. The number of ketones is 1. The van der Waals surface area contributed by atoms with Crippen LogP contribution in [0.4, 0.5) is 4.79 Å². The second-order valence-corrected chi connectivity index (χ2v) is 14.8. The van der Waals surface area contributed by atoms with E-state index in [0.29, 0.717) is 18.6 Å². The van der Waals surface area contributed by atoms with Crippen molar-refractivity contribution in [3.63, 3.8) is 0 Å². The van der Waals surface area contributed by atoms with Crippen molar-refractivity contribution in [3.05, 3.63) is 0 Å². The Kier molecular flexibility index (Phi) is 11.1. The molecule has 4 aliphatic heterocycles. The van der Waals surface area contributed by atoms with Crippen molar-refractivity contribution in [2.24, 2.45) is 23.7 Å². The van der Waals surface area contributed by atoms with Crippen molar-refractivity contribution in [2.75, 3.05) is 34.9 Å². The first kappa shape index (κ1) is 37.5. The van der Waals surface area contributed by atoms with Crippen LogP contribution in [0.5, 0.6) is 0 Å². The van der Waals surface area contributed by atoms with E-state index in [1.54, 1.807) is 25.9 Å². The van der Waals surface area contributed by atoms with E-state index in [0.717, 1.165) is 4.74 Å². The number of carbonyl (C=O) groups is 3. The van der Waals surface area contributed by atoms with Crippen LogP contribution in [0.2, 0.25) is 0 Å². The number of nitrogens with zero attached hydrogens (tertiary/aromatic N) is 4. The Morgan fingerprint density at radius 1 is 1.09 bits per heavy atom. The number of esters is 1. The van der Waals surface area contributed by atoms with Crippen LogP contribution in [-0.2, 0) is 33.3 Å². The SMILES string of the molecule is CC[C@H]1OC(=O)C(C)C(=O)C(C)C(OC2OC(C)CC(N(C)C)C2O)C(C)(OC)CC(C)C2=[N+](O)CN(C)N3C(=O)OC1(C)[C@H]3[C@H]2C. The van der Waals surface area contributed by atoms with Gasteiger partial charge in [-0.15, -0.1) is 0 Å². The average molecular weight is 670 g/mol. The van der Waals surface area contributed by atoms with Gasteiger partial charge in [-0.2, -0.15) is 5.01 Å². The van der Waals surface area contributed by atoms with Crippen LogP contribution >= 0.6 is 0 Å². The van der Waals surface area contributed by atoms with Gasteiger partial charge in [0.25, 0.3) is 6.67 Å². The van der Waals surface area contributed by atoms with Gasteiger partial charge >= 0.3 is 12.1 Å². The zero-order valence-corrected chi connectivity index (χ0v) is 30.1. The number of ether oxygens (including phenoxy) is 5. The van der Waals surface area contributed by atoms with Gasteiger partial charge in [-0.05, 0) is 65.8 Å². The summed E-state index contributed by atoms with van der Waals surface area (Å²) in [6.45, 7) is 14.4. The number of cyclic esters (lactones) is 1. The van der Waals surface area contributed by atoms with Crippen molar-refractivity contribution in [2.45, 2.75) is 129 Å². The molecule has 10 unspecified atom stereocenters. The Morgan fingerprint density at radius 3 is 2.30 bits per heavy atom.